The van der Waals surface area contributed by atoms with Gasteiger partial charge in [0.1, 0.15) is 12.4 Å². The maximum atomic E-state index is 14.8. The van der Waals surface area contributed by atoms with E-state index in [9.17, 15) is 29.0 Å². The normalized spacial score (nSPS) is 19.3. The summed E-state index contributed by atoms with van der Waals surface area (Å²) in [5.41, 5.74) is -2.56. The number of carbonyl (C=O) groups excluding carboxylic acids is 1. The number of rotatable bonds is 2. The third-order valence-corrected chi connectivity index (χ3v) is 6.88. The molecule has 1 atom stereocenters. The number of fused-ring (bicyclic) bond motifs is 5. The van der Waals surface area contributed by atoms with E-state index in [4.69, 9.17) is 4.74 Å². The maximum absolute atomic E-state index is 14.8. The van der Waals surface area contributed by atoms with Crippen LogP contribution in [0.2, 0.25) is 0 Å². The molecule has 0 bridgehead atoms. The number of hydrogen-bond donors (Lipinski definition) is 2. The van der Waals surface area contributed by atoms with Crippen LogP contribution in [0.1, 0.15) is 49.6 Å². The van der Waals surface area contributed by atoms with Crippen LogP contribution in [0.25, 0.3) is 22.2 Å². The third-order valence-electron chi connectivity index (χ3n) is 6.88. The number of hydrogen-bond acceptors (Lipinski definition) is 6. The van der Waals surface area contributed by atoms with Gasteiger partial charge in [0.15, 0.2) is 11.0 Å². The van der Waals surface area contributed by atoms with Crippen LogP contribution in [-0.4, -0.2) is 25.3 Å². The van der Waals surface area contributed by atoms with E-state index in [-0.39, 0.29) is 52.9 Å². The molecule has 0 saturated carbocycles. The van der Waals surface area contributed by atoms with Crippen molar-refractivity contribution in [1.82, 2.24) is 9.13 Å². The van der Waals surface area contributed by atoms with E-state index in [2.05, 4.69) is 0 Å². The molecule has 0 amide bonds. The molecule has 0 unspecified atom stereocenters. The Morgan fingerprint density at radius 2 is 1.91 bits per heavy atom. The Bertz CT molecular complexity index is 1510. The number of aromatic nitrogens is 2. The van der Waals surface area contributed by atoms with Gasteiger partial charge in [0.05, 0.1) is 40.2 Å². The zero-order valence-electron chi connectivity index (χ0n) is 18.7. The lowest BCUT2D eigenvalue weighted by molar-refractivity contribution is -0.172. The molecule has 2 N–H and O–H groups in total. The molecule has 0 radical (unpaired) electrons. The van der Waals surface area contributed by atoms with Crippen LogP contribution >= 0.6 is 0 Å². The molecule has 1 aromatic carbocycles. The van der Waals surface area contributed by atoms with Crippen LogP contribution in [0.5, 0.6) is 0 Å². The van der Waals surface area contributed by atoms with Gasteiger partial charge in [-0.3, -0.25) is 9.59 Å². The number of ether oxygens (including phenoxy) is 1. The molecule has 2 aliphatic heterocycles. The fourth-order valence-corrected chi connectivity index (χ4v) is 4.93. The van der Waals surface area contributed by atoms with Crippen LogP contribution in [0.3, 0.4) is 0 Å². The van der Waals surface area contributed by atoms with E-state index in [0.717, 1.165) is 6.07 Å². The summed E-state index contributed by atoms with van der Waals surface area (Å²) in [5.74, 6) is -1.55. The maximum Gasteiger partial charge on any atom is 0.343 e. The smallest absolute Gasteiger partial charge is 0.343 e. The van der Waals surface area contributed by atoms with Crippen molar-refractivity contribution in [3.63, 3.8) is 0 Å². The molecule has 2 aliphatic rings. The first-order valence-electron chi connectivity index (χ1n) is 10.6. The first-order chi connectivity index (χ1) is 15.4. The largest absolute Gasteiger partial charge is 0.458 e. The molecule has 0 saturated heterocycles. The molecule has 0 aliphatic carbocycles. The molecule has 2 aromatic heterocycles. The summed E-state index contributed by atoms with van der Waals surface area (Å²) >= 11 is 0. The number of cyclic esters (lactones) is 1. The topological polar surface area (TPSA) is 111 Å². The zero-order valence-corrected chi connectivity index (χ0v) is 18.7. The number of nitrogens with zero attached hydrogens (tertiary/aromatic N) is 2. The fraction of sp³-hybridized carbons (Fsp3) is 0.375. The Morgan fingerprint density at radius 3 is 2.55 bits per heavy atom. The molecular formula is C24H23FN2O6. The lowest BCUT2D eigenvalue weighted by Gasteiger charge is -2.31. The lowest BCUT2D eigenvalue weighted by atomic mass is 9.85. The van der Waals surface area contributed by atoms with E-state index in [1.165, 1.54) is 30.5 Å². The van der Waals surface area contributed by atoms with E-state index in [1.54, 1.807) is 18.5 Å². The zero-order chi connectivity index (χ0) is 24.0. The monoisotopic (exact) mass is 454 g/mol. The van der Waals surface area contributed by atoms with Gasteiger partial charge in [-0.15, -0.1) is 0 Å². The molecule has 0 fully saturated rings. The van der Waals surface area contributed by atoms with Gasteiger partial charge in [-0.2, -0.15) is 0 Å². The molecule has 0 spiro atoms. The van der Waals surface area contributed by atoms with Crippen molar-refractivity contribution in [3.8, 4) is 11.3 Å². The summed E-state index contributed by atoms with van der Waals surface area (Å²) < 4.78 is 23.0. The van der Waals surface area contributed by atoms with Crippen molar-refractivity contribution in [2.75, 3.05) is 0 Å². The van der Waals surface area contributed by atoms with Crippen LogP contribution < -0.4 is 11.0 Å². The number of benzene rings is 1. The third kappa shape index (κ3) is 2.72. The second-order valence-electron chi connectivity index (χ2n) is 9.22. The van der Waals surface area contributed by atoms with Crippen molar-refractivity contribution in [2.45, 2.75) is 51.5 Å². The van der Waals surface area contributed by atoms with Gasteiger partial charge in [0.2, 0.25) is 0 Å². The van der Waals surface area contributed by atoms with Crippen molar-refractivity contribution in [2.24, 2.45) is 7.05 Å². The quantitative estimate of drug-likeness (QED) is 0.447. The van der Waals surface area contributed by atoms with E-state index in [1.807, 2.05) is 0 Å². The van der Waals surface area contributed by atoms with Gasteiger partial charge >= 0.3 is 5.97 Å². The molecule has 9 heteroatoms. The number of carbonyl (C=O) groups is 1. The highest BCUT2D eigenvalue weighted by atomic mass is 19.1. The van der Waals surface area contributed by atoms with Crippen molar-refractivity contribution < 1.29 is 24.1 Å². The van der Waals surface area contributed by atoms with Gasteiger partial charge in [-0.1, -0.05) is 6.92 Å². The standard InChI is InChI=1S/C24H23FN2O6/c1-5-24(32)13-7-17-19-18(9-27(17)21(29)12(13)10-33-22(24)30)26(4)16-8-14(23(2,3)31)15(25)6-11(16)20(19)28/h6-8,31-32H,5,9-10H2,1-4H3/t24-/m0/s1. The van der Waals surface area contributed by atoms with Crippen molar-refractivity contribution in [3.05, 3.63) is 67.0 Å². The highest BCUT2D eigenvalue weighted by molar-refractivity contribution is 5.88. The summed E-state index contributed by atoms with van der Waals surface area (Å²) in [5, 5.41) is 21.4. The van der Waals surface area contributed by atoms with Gasteiger partial charge in [0, 0.05) is 23.6 Å². The molecule has 33 heavy (non-hydrogen) atoms. The first kappa shape index (κ1) is 21.5. The number of aliphatic hydroxyl groups is 2. The minimum absolute atomic E-state index is 0.00471. The second kappa shape index (κ2) is 6.61. The summed E-state index contributed by atoms with van der Waals surface area (Å²) in [6, 6.07) is 4.05. The lowest BCUT2D eigenvalue weighted by Crippen LogP contribution is -2.44. The SMILES string of the molecule is CC[C@@]1(O)C(=O)OCc2c1cc1n(c2=O)Cc2c-1c(=O)c1cc(F)c(C(C)(C)O)cc1n2C. The minimum Gasteiger partial charge on any atom is -0.458 e. The van der Waals surface area contributed by atoms with E-state index < -0.39 is 34.0 Å². The van der Waals surface area contributed by atoms with Crippen LogP contribution in [0.4, 0.5) is 4.39 Å². The average Bonchev–Trinajstić information content (AvgIpc) is 3.14. The van der Waals surface area contributed by atoms with Crippen LogP contribution in [-0.2, 0) is 40.9 Å². The summed E-state index contributed by atoms with van der Waals surface area (Å²) in [4.78, 5) is 39.1. The molecule has 4 heterocycles. The minimum atomic E-state index is -1.99. The summed E-state index contributed by atoms with van der Waals surface area (Å²) in [6.07, 6.45) is -0.00471. The highest BCUT2D eigenvalue weighted by Gasteiger charge is 2.45. The summed E-state index contributed by atoms with van der Waals surface area (Å²) in [7, 11) is 1.71. The van der Waals surface area contributed by atoms with Crippen molar-refractivity contribution >= 4 is 16.9 Å². The summed E-state index contributed by atoms with van der Waals surface area (Å²) in [6.45, 7) is 4.35. The number of esters is 1. The predicted molar refractivity (Wildman–Crippen MR) is 117 cm³/mol. The fourth-order valence-electron chi connectivity index (χ4n) is 4.93. The number of halogens is 1. The van der Waals surface area contributed by atoms with Crippen LogP contribution in [0, 0.1) is 5.82 Å². The van der Waals surface area contributed by atoms with E-state index in [0.29, 0.717) is 11.2 Å². The Labute approximate surface area is 187 Å². The predicted octanol–water partition coefficient (Wildman–Crippen LogP) is 1.75. The van der Waals surface area contributed by atoms with Crippen LogP contribution in [0.15, 0.2) is 27.8 Å². The molecule has 172 valence electrons. The van der Waals surface area contributed by atoms with Gasteiger partial charge < -0.3 is 24.1 Å². The molecule has 3 aromatic rings. The second-order valence-corrected chi connectivity index (χ2v) is 9.22. The molecule has 5 rings (SSSR count). The molecule has 8 nitrogen and oxygen atoms in total. The van der Waals surface area contributed by atoms with E-state index >= 15 is 0 Å². The molecular weight excluding hydrogens is 431 g/mol. The Balaban J connectivity index is 1.86. The highest BCUT2D eigenvalue weighted by Crippen LogP contribution is 2.38. The van der Waals surface area contributed by atoms with Gasteiger partial charge in [-0.05, 0) is 38.5 Å². The Hall–Kier alpha value is -3.30. The number of aryl methyl sites for hydroxylation is 1. The number of pyridine rings is 2. The first-order valence-corrected chi connectivity index (χ1v) is 10.6. The van der Waals surface area contributed by atoms with Gasteiger partial charge in [-0.25, -0.2) is 9.18 Å². The Morgan fingerprint density at radius 1 is 1.21 bits per heavy atom. The van der Waals surface area contributed by atoms with Crippen molar-refractivity contribution in [1.29, 1.82) is 0 Å². The van der Waals surface area contributed by atoms with Gasteiger partial charge in [0.25, 0.3) is 5.56 Å². The average molecular weight is 454 g/mol. The Kier molecular flexibility index (Phi) is 4.32.